The number of nitrogens with two attached hydrogens (primary N) is 1. The summed E-state index contributed by atoms with van der Waals surface area (Å²) in [5, 5.41) is 0. The van der Waals surface area contributed by atoms with Crippen LogP contribution in [0.2, 0.25) is 0 Å². The highest BCUT2D eigenvalue weighted by Gasteiger charge is 1.96. The molecule has 0 saturated heterocycles. The molecule has 62 valence electrons. The average molecular weight is 239 g/mol. The third-order valence-corrected chi connectivity index (χ3v) is 1.68. The summed E-state index contributed by atoms with van der Waals surface area (Å²) >= 11 is 3.29. The molecule has 0 aliphatic carbocycles. The Bertz CT molecular complexity index is 242. The summed E-state index contributed by atoms with van der Waals surface area (Å²) < 4.78 is 5.92. The monoisotopic (exact) mass is 237 g/mol. The molecule has 0 atom stereocenters. The molecule has 0 saturated carbocycles. The largest absolute Gasteiger partial charge is 0.495 e. The number of nitrogen functional groups attached to an aromatic ring is 1. The van der Waals surface area contributed by atoms with Gasteiger partial charge in [-0.2, -0.15) is 0 Å². The molecule has 0 fully saturated rings. The third-order valence-electron chi connectivity index (χ3n) is 1.19. The van der Waals surface area contributed by atoms with E-state index in [0.717, 1.165) is 4.47 Å². The van der Waals surface area contributed by atoms with Crippen LogP contribution in [0.5, 0.6) is 5.75 Å². The molecule has 0 unspecified atom stereocenters. The molecular formula is C7H9BrClNO. The molecule has 0 radical (unpaired) electrons. The Morgan fingerprint density at radius 2 is 2.09 bits per heavy atom. The molecule has 0 bridgehead atoms. The number of benzene rings is 1. The van der Waals surface area contributed by atoms with Crippen molar-refractivity contribution in [3.8, 4) is 5.75 Å². The second-order valence-corrected chi connectivity index (χ2v) is 2.80. The van der Waals surface area contributed by atoms with Gasteiger partial charge >= 0.3 is 0 Å². The maximum atomic E-state index is 5.58. The number of methoxy groups -OCH3 is 1. The topological polar surface area (TPSA) is 35.2 Å². The van der Waals surface area contributed by atoms with Crippen LogP contribution in [-0.4, -0.2) is 7.11 Å². The Balaban J connectivity index is 0.000001000. The predicted octanol–water partition coefficient (Wildman–Crippen LogP) is 2.46. The fourth-order valence-electron chi connectivity index (χ4n) is 0.705. The quantitative estimate of drug-likeness (QED) is 0.763. The Labute approximate surface area is 80.3 Å². The van der Waals surface area contributed by atoms with Crippen molar-refractivity contribution in [3.63, 3.8) is 0 Å². The number of rotatable bonds is 1. The van der Waals surface area contributed by atoms with Crippen molar-refractivity contribution >= 4 is 34.0 Å². The molecule has 0 amide bonds. The van der Waals surface area contributed by atoms with Crippen LogP contribution >= 0.6 is 28.3 Å². The van der Waals surface area contributed by atoms with Gasteiger partial charge in [0.05, 0.1) is 12.8 Å². The number of hydrogen-bond donors (Lipinski definition) is 1. The van der Waals surface area contributed by atoms with Crippen molar-refractivity contribution in [1.82, 2.24) is 0 Å². The number of ether oxygens (including phenoxy) is 1. The van der Waals surface area contributed by atoms with Gasteiger partial charge in [-0.3, -0.25) is 0 Å². The Morgan fingerprint density at radius 1 is 1.45 bits per heavy atom. The van der Waals surface area contributed by atoms with Crippen molar-refractivity contribution in [2.75, 3.05) is 12.8 Å². The zero-order valence-electron chi connectivity index (χ0n) is 6.00. The zero-order valence-corrected chi connectivity index (χ0v) is 8.41. The molecule has 1 aromatic rings. The molecule has 0 aliphatic heterocycles. The number of hydrogen-bond acceptors (Lipinski definition) is 2. The minimum absolute atomic E-state index is 0. The van der Waals surface area contributed by atoms with E-state index in [-0.39, 0.29) is 12.4 Å². The van der Waals surface area contributed by atoms with E-state index in [0.29, 0.717) is 11.4 Å². The molecule has 11 heavy (non-hydrogen) atoms. The predicted molar refractivity (Wildman–Crippen MR) is 52.4 cm³/mol. The van der Waals surface area contributed by atoms with E-state index in [4.69, 9.17) is 10.5 Å². The summed E-state index contributed by atoms with van der Waals surface area (Å²) in [6, 6.07) is 5.51. The van der Waals surface area contributed by atoms with Gasteiger partial charge in [0.1, 0.15) is 5.75 Å². The highest BCUT2D eigenvalue weighted by atomic mass is 79.9. The highest BCUT2D eigenvalue weighted by Crippen LogP contribution is 2.24. The maximum Gasteiger partial charge on any atom is 0.141 e. The minimum Gasteiger partial charge on any atom is -0.495 e. The van der Waals surface area contributed by atoms with Crippen LogP contribution in [0.1, 0.15) is 0 Å². The van der Waals surface area contributed by atoms with E-state index in [1.54, 1.807) is 13.2 Å². The van der Waals surface area contributed by atoms with Crippen LogP contribution in [0, 0.1) is 0 Å². The van der Waals surface area contributed by atoms with Crippen LogP contribution in [-0.2, 0) is 0 Å². The number of halogens is 2. The van der Waals surface area contributed by atoms with Crippen molar-refractivity contribution in [2.24, 2.45) is 0 Å². The summed E-state index contributed by atoms with van der Waals surface area (Å²) in [6.45, 7) is 0. The van der Waals surface area contributed by atoms with E-state index in [2.05, 4.69) is 15.9 Å². The van der Waals surface area contributed by atoms with Gasteiger partial charge in [0.15, 0.2) is 0 Å². The van der Waals surface area contributed by atoms with Gasteiger partial charge in [0.2, 0.25) is 0 Å². The molecule has 0 spiro atoms. The normalized spacial score (nSPS) is 8.55. The smallest absolute Gasteiger partial charge is 0.141 e. The molecular weight excluding hydrogens is 229 g/mol. The standard InChI is InChI=1S/C7H8BrNO.ClH/c1-10-7-3-2-5(8)4-6(7)9;/h2-4H,9H2,1H3;1H. The van der Waals surface area contributed by atoms with Crippen molar-refractivity contribution in [1.29, 1.82) is 0 Å². The Morgan fingerprint density at radius 3 is 2.55 bits per heavy atom. The fraction of sp³-hybridized carbons (Fsp3) is 0.143. The maximum absolute atomic E-state index is 5.58. The lowest BCUT2D eigenvalue weighted by Gasteiger charge is -2.02. The Kier molecular flexibility index (Phi) is 4.30. The SMILES string of the molecule is COc1ccc(Br)cc1N.Cl. The lowest BCUT2D eigenvalue weighted by Crippen LogP contribution is -1.90. The zero-order chi connectivity index (χ0) is 7.56. The van der Waals surface area contributed by atoms with Crippen LogP contribution in [0.4, 0.5) is 5.69 Å². The first-order chi connectivity index (χ1) is 4.74. The average Bonchev–Trinajstić information content (AvgIpc) is 1.88. The first-order valence-corrected chi connectivity index (χ1v) is 3.62. The van der Waals surface area contributed by atoms with Gasteiger partial charge in [0.25, 0.3) is 0 Å². The van der Waals surface area contributed by atoms with Gasteiger partial charge in [-0.1, -0.05) is 15.9 Å². The molecule has 0 heterocycles. The third kappa shape index (κ3) is 2.60. The first kappa shape index (κ1) is 10.6. The fourth-order valence-corrected chi connectivity index (χ4v) is 1.08. The number of anilines is 1. The summed E-state index contributed by atoms with van der Waals surface area (Å²) in [4.78, 5) is 0. The molecule has 2 N–H and O–H groups in total. The molecule has 0 aromatic heterocycles. The summed E-state index contributed by atoms with van der Waals surface area (Å²) in [5.41, 5.74) is 6.23. The van der Waals surface area contributed by atoms with Crippen molar-refractivity contribution < 1.29 is 4.74 Å². The molecule has 2 nitrogen and oxygen atoms in total. The highest BCUT2D eigenvalue weighted by molar-refractivity contribution is 9.10. The van der Waals surface area contributed by atoms with E-state index < -0.39 is 0 Å². The van der Waals surface area contributed by atoms with Gasteiger partial charge < -0.3 is 10.5 Å². The molecule has 0 aliphatic rings. The van der Waals surface area contributed by atoms with Crippen LogP contribution < -0.4 is 10.5 Å². The first-order valence-electron chi connectivity index (χ1n) is 2.83. The van der Waals surface area contributed by atoms with E-state index >= 15 is 0 Å². The summed E-state index contributed by atoms with van der Waals surface area (Å²) in [6.07, 6.45) is 0. The van der Waals surface area contributed by atoms with Gasteiger partial charge in [-0.15, -0.1) is 12.4 Å². The molecule has 1 rings (SSSR count). The van der Waals surface area contributed by atoms with Gasteiger partial charge in [-0.25, -0.2) is 0 Å². The lowest BCUT2D eigenvalue weighted by molar-refractivity contribution is 0.417. The van der Waals surface area contributed by atoms with Gasteiger partial charge in [-0.05, 0) is 18.2 Å². The minimum atomic E-state index is 0. The summed E-state index contributed by atoms with van der Waals surface area (Å²) in [5.74, 6) is 0.711. The van der Waals surface area contributed by atoms with Gasteiger partial charge in [0, 0.05) is 4.47 Å². The van der Waals surface area contributed by atoms with Crippen LogP contribution in [0.25, 0.3) is 0 Å². The van der Waals surface area contributed by atoms with Crippen molar-refractivity contribution in [2.45, 2.75) is 0 Å². The second-order valence-electron chi connectivity index (χ2n) is 1.89. The van der Waals surface area contributed by atoms with E-state index in [1.807, 2.05) is 12.1 Å². The Hall–Kier alpha value is -0.410. The molecule has 1 aromatic carbocycles. The lowest BCUT2D eigenvalue weighted by atomic mass is 10.3. The second kappa shape index (κ2) is 4.46. The van der Waals surface area contributed by atoms with Crippen molar-refractivity contribution in [3.05, 3.63) is 22.7 Å². The van der Waals surface area contributed by atoms with E-state index in [9.17, 15) is 0 Å². The van der Waals surface area contributed by atoms with Crippen LogP contribution in [0.15, 0.2) is 22.7 Å². The van der Waals surface area contributed by atoms with Crippen LogP contribution in [0.3, 0.4) is 0 Å². The van der Waals surface area contributed by atoms with E-state index in [1.165, 1.54) is 0 Å². The molecule has 4 heteroatoms. The summed E-state index contributed by atoms with van der Waals surface area (Å²) in [7, 11) is 1.60.